The lowest BCUT2D eigenvalue weighted by atomic mass is 9.91. The van der Waals surface area contributed by atoms with Crippen LogP contribution >= 0.6 is 12.4 Å². The van der Waals surface area contributed by atoms with Gasteiger partial charge < -0.3 is 15.3 Å². The molecule has 2 N–H and O–H groups in total. The van der Waals surface area contributed by atoms with Crippen molar-refractivity contribution in [1.82, 2.24) is 0 Å². The van der Waals surface area contributed by atoms with E-state index < -0.39 is 0 Å². The van der Waals surface area contributed by atoms with Gasteiger partial charge in [0, 0.05) is 24.3 Å². The average Bonchev–Trinajstić information content (AvgIpc) is 2.49. The van der Waals surface area contributed by atoms with Crippen molar-refractivity contribution in [3.63, 3.8) is 0 Å². The number of benzene rings is 2. The lowest BCUT2D eigenvalue weighted by Crippen LogP contribution is -2.43. The van der Waals surface area contributed by atoms with Gasteiger partial charge in [-0.15, -0.1) is 12.4 Å². The summed E-state index contributed by atoms with van der Waals surface area (Å²) in [7, 11) is 0. The molecule has 1 aliphatic heterocycles. The standard InChI is InChI=1S/C18H20N2O2.ClH/c1-12-11-17(19-14-7-9-15(22)10-8-14)16-5-3-4-6-18(16)20(12)13(2)21;/h3-10,12,17,19,22H,11H2,1-2H3;1H/t12-,17+;/m0./s1. The minimum absolute atomic E-state index is 0. The number of nitrogens with zero attached hydrogens (tertiary/aromatic N) is 1. The predicted octanol–water partition coefficient (Wildman–Crippen LogP) is 4.11. The quantitative estimate of drug-likeness (QED) is 0.814. The zero-order valence-electron chi connectivity index (χ0n) is 13.2. The molecule has 2 aromatic rings. The molecule has 0 radical (unpaired) electrons. The van der Waals surface area contributed by atoms with Gasteiger partial charge >= 0.3 is 0 Å². The first-order valence-electron chi connectivity index (χ1n) is 7.50. The highest BCUT2D eigenvalue weighted by Gasteiger charge is 2.31. The summed E-state index contributed by atoms with van der Waals surface area (Å²) in [6.07, 6.45) is 0.845. The van der Waals surface area contributed by atoms with Gasteiger partial charge in [-0.25, -0.2) is 0 Å². The zero-order valence-corrected chi connectivity index (χ0v) is 14.0. The number of hydrogen-bond acceptors (Lipinski definition) is 3. The third-order valence-corrected chi connectivity index (χ3v) is 4.14. The molecule has 0 aliphatic carbocycles. The molecule has 0 saturated heterocycles. The Balaban J connectivity index is 0.00000192. The normalized spacial score (nSPS) is 19.5. The third-order valence-electron chi connectivity index (χ3n) is 4.14. The van der Waals surface area contributed by atoms with E-state index in [1.807, 2.05) is 35.2 Å². The number of nitrogens with one attached hydrogen (secondary N) is 1. The minimum Gasteiger partial charge on any atom is -0.508 e. The summed E-state index contributed by atoms with van der Waals surface area (Å²) < 4.78 is 0. The molecular formula is C18H21ClN2O2. The number of carbonyl (C=O) groups excluding carboxylic acids is 1. The molecule has 23 heavy (non-hydrogen) atoms. The van der Waals surface area contributed by atoms with Crippen molar-refractivity contribution in [1.29, 1.82) is 0 Å². The first-order chi connectivity index (χ1) is 10.6. The number of phenols is 1. The summed E-state index contributed by atoms with van der Waals surface area (Å²) in [5.74, 6) is 0.328. The van der Waals surface area contributed by atoms with Gasteiger partial charge in [0.1, 0.15) is 5.75 Å². The van der Waals surface area contributed by atoms with E-state index in [0.717, 1.165) is 23.4 Å². The van der Waals surface area contributed by atoms with Crippen LogP contribution in [0.25, 0.3) is 0 Å². The second-order valence-corrected chi connectivity index (χ2v) is 5.78. The lowest BCUT2D eigenvalue weighted by molar-refractivity contribution is -0.117. The fourth-order valence-corrected chi connectivity index (χ4v) is 3.19. The van der Waals surface area contributed by atoms with Crippen LogP contribution in [-0.2, 0) is 4.79 Å². The Morgan fingerprint density at radius 2 is 1.83 bits per heavy atom. The summed E-state index contributed by atoms with van der Waals surface area (Å²) in [4.78, 5) is 13.8. The summed E-state index contributed by atoms with van der Waals surface area (Å²) in [6, 6.07) is 15.4. The first kappa shape index (κ1) is 17.2. The number of hydrogen-bond donors (Lipinski definition) is 2. The van der Waals surface area contributed by atoms with Crippen LogP contribution in [0.2, 0.25) is 0 Å². The van der Waals surface area contributed by atoms with Crippen molar-refractivity contribution in [2.45, 2.75) is 32.4 Å². The van der Waals surface area contributed by atoms with Crippen LogP contribution in [0.4, 0.5) is 11.4 Å². The molecule has 1 heterocycles. The number of halogens is 1. The van der Waals surface area contributed by atoms with Crippen LogP contribution in [0.1, 0.15) is 31.9 Å². The van der Waals surface area contributed by atoms with E-state index in [-0.39, 0.29) is 36.1 Å². The second-order valence-electron chi connectivity index (χ2n) is 5.78. The highest BCUT2D eigenvalue weighted by molar-refractivity contribution is 5.93. The van der Waals surface area contributed by atoms with Crippen LogP contribution in [0, 0.1) is 0 Å². The monoisotopic (exact) mass is 332 g/mol. The lowest BCUT2D eigenvalue weighted by Gasteiger charge is -2.39. The topological polar surface area (TPSA) is 52.6 Å². The second kappa shape index (κ2) is 6.92. The Labute approximate surface area is 142 Å². The van der Waals surface area contributed by atoms with Crippen LogP contribution in [0.5, 0.6) is 5.75 Å². The number of anilines is 2. The number of rotatable bonds is 2. The fraction of sp³-hybridized carbons (Fsp3) is 0.278. The highest BCUT2D eigenvalue weighted by Crippen LogP contribution is 2.38. The van der Waals surface area contributed by atoms with Gasteiger partial charge in [-0.3, -0.25) is 4.79 Å². The molecule has 4 nitrogen and oxygen atoms in total. The zero-order chi connectivity index (χ0) is 15.7. The molecule has 2 atom stereocenters. The molecule has 0 unspecified atom stereocenters. The molecule has 1 amide bonds. The van der Waals surface area contributed by atoms with E-state index in [1.165, 1.54) is 0 Å². The van der Waals surface area contributed by atoms with Gasteiger partial charge in [0.2, 0.25) is 5.91 Å². The van der Waals surface area contributed by atoms with Crippen LogP contribution < -0.4 is 10.2 Å². The molecule has 2 aromatic carbocycles. The molecule has 5 heteroatoms. The van der Waals surface area contributed by atoms with Gasteiger partial charge in [-0.05, 0) is 49.2 Å². The molecule has 0 spiro atoms. The Hall–Kier alpha value is -2.20. The molecule has 122 valence electrons. The van der Waals surface area contributed by atoms with Gasteiger partial charge in [-0.1, -0.05) is 18.2 Å². The van der Waals surface area contributed by atoms with E-state index in [0.29, 0.717) is 0 Å². The molecule has 0 fully saturated rings. The van der Waals surface area contributed by atoms with E-state index >= 15 is 0 Å². The average molecular weight is 333 g/mol. The van der Waals surface area contributed by atoms with Crippen LogP contribution in [0.3, 0.4) is 0 Å². The largest absolute Gasteiger partial charge is 0.508 e. The fourth-order valence-electron chi connectivity index (χ4n) is 3.19. The maximum atomic E-state index is 12.0. The number of phenolic OH excluding ortho intramolecular Hbond substituents is 1. The van der Waals surface area contributed by atoms with E-state index in [1.54, 1.807) is 19.1 Å². The Kier molecular flexibility index (Phi) is 5.16. The molecule has 1 aliphatic rings. The number of para-hydroxylation sites is 1. The third kappa shape index (κ3) is 3.42. The van der Waals surface area contributed by atoms with Gasteiger partial charge in [-0.2, -0.15) is 0 Å². The maximum Gasteiger partial charge on any atom is 0.224 e. The minimum atomic E-state index is 0. The summed E-state index contributed by atoms with van der Waals surface area (Å²) in [5, 5.41) is 12.9. The Morgan fingerprint density at radius 1 is 1.17 bits per heavy atom. The maximum absolute atomic E-state index is 12.0. The van der Waals surface area contributed by atoms with Crippen molar-refractivity contribution in [2.24, 2.45) is 0 Å². The number of amides is 1. The van der Waals surface area contributed by atoms with Crippen LogP contribution in [-0.4, -0.2) is 17.1 Å². The van der Waals surface area contributed by atoms with Crippen molar-refractivity contribution in [3.8, 4) is 5.75 Å². The summed E-state index contributed by atoms with van der Waals surface area (Å²) in [6.45, 7) is 3.68. The number of aromatic hydroxyl groups is 1. The summed E-state index contributed by atoms with van der Waals surface area (Å²) in [5.41, 5.74) is 3.06. The first-order valence-corrected chi connectivity index (χ1v) is 7.50. The Bertz CT molecular complexity index is 688. The highest BCUT2D eigenvalue weighted by atomic mass is 35.5. The van der Waals surface area contributed by atoms with Gasteiger partial charge in [0.25, 0.3) is 0 Å². The number of carbonyl (C=O) groups is 1. The van der Waals surface area contributed by atoms with Crippen molar-refractivity contribution < 1.29 is 9.90 Å². The van der Waals surface area contributed by atoms with E-state index in [4.69, 9.17) is 0 Å². The smallest absolute Gasteiger partial charge is 0.224 e. The molecule has 0 saturated carbocycles. The van der Waals surface area contributed by atoms with E-state index in [2.05, 4.69) is 18.3 Å². The summed E-state index contributed by atoms with van der Waals surface area (Å²) >= 11 is 0. The SMILES string of the molecule is CC(=O)N1c2ccccc2[C@H](Nc2ccc(O)cc2)C[C@@H]1C.Cl. The molecule has 0 aromatic heterocycles. The molecule has 3 rings (SSSR count). The predicted molar refractivity (Wildman–Crippen MR) is 95.4 cm³/mol. The molecule has 0 bridgehead atoms. The van der Waals surface area contributed by atoms with Crippen LogP contribution in [0.15, 0.2) is 48.5 Å². The molecular weight excluding hydrogens is 312 g/mol. The van der Waals surface area contributed by atoms with E-state index in [9.17, 15) is 9.90 Å². The van der Waals surface area contributed by atoms with Crippen molar-refractivity contribution >= 4 is 29.7 Å². The van der Waals surface area contributed by atoms with Crippen molar-refractivity contribution in [2.75, 3.05) is 10.2 Å². The van der Waals surface area contributed by atoms with Gasteiger partial charge in [0.15, 0.2) is 0 Å². The van der Waals surface area contributed by atoms with Gasteiger partial charge in [0.05, 0.1) is 6.04 Å². The van der Waals surface area contributed by atoms with Crippen molar-refractivity contribution in [3.05, 3.63) is 54.1 Å². The Morgan fingerprint density at radius 3 is 2.48 bits per heavy atom. The number of fused-ring (bicyclic) bond motifs is 1.